The lowest BCUT2D eigenvalue weighted by atomic mass is 10.0. The standard InChI is InChI=1S/C27H19NO2/c29-26-16-22-12-6-4-10-20(22)14-24(26)28(18-19-8-2-1-3-9-19)25-15-21-11-5-7-13-23(21)17-27(25)30/h1-17,29-30H. The van der Waals surface area contributed by atoms with E-state index in [2.05, 4.69) is 6.54 Å². The Morgan fingerprint density at radius 2 is 0.900 bits per heavy atom. The smallest absolute Gasteiger partial charge is 0.139 e. The summed E-state index contributed by atoms with van der Waals surface area (Å²) in [6.45, 7) is 3.34. The molecule has 0 spiro atoms. The molecule has 0 aliphatic heterocycles. The van der Waals surface area contributed by atoms with Gasteiger partial charge in [-0.05, 0) is 51.4 Å². The molecule has 0 amide bonds. The molecule has 0 aliphatic carbocycles. The first-order chi connectivity index (χ1) is 14.7. The zero-order valence-corrected chi connectivity index (χ0v) is 16.2. The van der Waals surface area contributed by atoms with Crippen molar-refractivity contribution in [2.24, 2.45) is 0 Å². The van der Waals surface area contributed by atoms with Gasteiger partial charge in [-0.25, -0.2) is 0 Å². The van der Waals surface area contributed by atoms with Crippen molar-refractivity contribution in [3.8, 4) is 11.5 Å². The molecule has 0 saturated carbocycles. The molecule has 0 bridgehead atoms. The van der Waals surface area contributed by atoms with Crippen LogP contribution in [0, 0.1) is 6.54 Å². The van der Waals surface area contributed by atoms with Gasteiger partial charge in [-0.3, -0.25) is 0 Å². The number of aromatic hydroxyl groups is 2. The maximum absolute atomic E-state index is 10.9. The quantitative estimate of drug-likeness (QED) is 0.339. The van der Waals surface area contributed by atoms with Crippen LogP contribution in [0.2, 0.25) is 0 Å². The monoisotopic (exact) mass is 389 g/mol. The SMILES string of the molecule is Oc1cc2ccccc2cc1N([C]c1ccccc1)c1cc2ccccc2cc1O. The predicted octanol–water partition coefficient (Wildman–Crippen LogP) is 6.63. The molecule has 5 aromatic rings. The van der Waals surface area contributed by atoms with Gasteiger partial charge in [0, 0.05) is 0 Å². The van der Waals surface area contributed by atoms with E-state index in [1.165, 1.54) is 0 Å². The number of fused-ring (bicyclic) bond motifs is 2. The van der Waals surface area contributed by atoms with E-state index < -0.39 is 0 Å². The van der Waals surface area contributed by atoms with Gasteiger partial charge in [0.25, 0.3) is 0 Å². The van der Waals surface area contributed by atoms with Gasteiger partial charge >= 0.3 is 0 Å². The number of nitrogens with zero attached hydrogens (tertiary/aromatic N) is 1. The van der Waals surface area contributed by atoms with Crippen LogP contribution in [0.4, 0.5) is 11.4 Å². The maximum atomic E-state index is 10.9. The van der Waals surface area contributed by atoms with E-state index in [9.17, 15) is 10.2 Å². The topological polar surface area (TPSA) is 43.7 Å². The Labute approximate surface area is 175 Å². The Bertz CT molecular complexity index is 1260. The Kier molecular flexibility index (Phi) is 4.49. The zero-order valence-electron chi connectivity index (χ0n) is 16.2. The largest absolute Gasteiger partial charge is 0.506 e. The van der Waals surface area contributed by atoms with E-state index in [-0.39, 0.29) is 11.5 Å². The van der Waals surface area contributed by atoms with Crippen LogP contribution < -0.4 is 4.90 Å². The van der Waals surface area contributed by atoms with E-state index in [0.29, 0.717) is 11.4 Å². The van der Waals surface area contributed by atoms with Gasteiger partial charge < -0.3 is 15.1 Å². The zero-order chi connectivity index (χ0) is 20.5. The average molecular weight is 389 g/mol. The first kappa shape index (κ1) is 18.1. The van der Waals surface area contributed by atoms with E-state index in [1.807, 2.05) is 91.0 Å². The molecule has 0 fully saturated rings. The number of rotatable bonds is 4. The summed E-state index contributed by atoms with van der Waals surface area (Å²) >= 11 is 0. The second-order valence-electron chi connectivity index (χ2n) is 7.19. The summed E-state index contributed by atoms with van der Waals surface area (Å²) in [5, 5.41) is 25.6. The fourth-order valence-electron chi connectivity index (χ4n) is 3.68. The summed E-state index contributed by atoms with van der Waals surface area (Å²) in [5.41, 5.74) is 1.92. The minimum absolute atomic E-state index is 0.115. The molecular weight excluding hydrogens is 370 g/mol. The molecule has 144 valence electrons. The Hall–Kier alpha value is -3.98. The number of benzene rings is 5. The minimum atomic E-state index is 0.115. The van der Waals surface area contributed by atoms with Crippen LogP contribution >= 0.6 is 0 Å². The molecule has 5 aromatic carbocycles. The highest BCUT2D eigenvalue weighted by molar-refractivity contribution is 5.94. The van der Waals surface area contributed by atoms with Gasteiger partial charge in [-0.15, -0.1) is 0 Å². The van der Waals surface area contributed by atoms with Crippen molar-refractivity contribution >= 4 is 32.9 Å². The highest BCUT2D eigenvalue weighted by Crippen LogP contribution is 2.43. The van der Waals surface area contributed by atoms with Gasteiger partial charge in [0.15, 0.2) is 0 Å². The van der Waals surface area contributed by atoms with Gasteiger partial charge in [-0.1, -0.05) is 78.9 Å². The van der Waals surface area contributed by atoms with Crippen LogP contribution in [-0.2, 0) is 0 Å². The van der Waals surface area contributed by atoms with Gasteiger partial charge in [0.2, 0.25) is 0 Å². The number of phenols is 2. The summed E-state index contributed by atoms with van der Waals surface area (Å²) < 4.78 is 0. The van der Waals surface area contributed by atoms with Crippen molar-refractivity contribution in [3.63, 3.8) is 0 Å². The minimum Gasteiger partial charge on any atom is -0.506 e. The summed E-state index contributed by atoms with van der Waals surface area (Å²) in [7, 11) is 0. The third-order valence-corrected chi connectivity index (χ3v) is 5.18. The first-order valence-corrected chi connectivity index (χ1v) is 9.74. The lowest BCUT2D eigenvalue weighted by molar-refractivity contribution is 0.473. The van der Waals surface area contributed by atoms with Crippen LogP contribution in [0.3, 0.4) is 0 Å². The first-order valence-electron chi connectivity index (χ1n) is 9.74. The lowest BCUT2D eigenvalue weighted by Gasteiger charge is -2.26. The highest BCUT2D eigenvalue weighted by atomic mass is 16.3. The van der Waals surface area contributed by atoms with Crippen LogP contribution in [-0.4, -0.2) is 10.2 Å². The third-order valence-electron chi connectivity index (χ3n) is 5.18. The van der Waals surface area contributed by atoms with Crippen molar-refractivity contribution in [3.05, 3.63) is 115 Å². The molecule has 0 saturated heterocycles. The fraction of sp³-hybridized carbons (Fsp3) is 0. The molecule has 0 aliphatic rings. The molecular formula is C27H19NO2. The third kappa shape index (κ3) is 3.31. The van der Waals surface area contributed by atoms with Crippen LogP contribution in [0.15, 0.2) is 103 Å². The van der Waals surface area contributed by atoms with Crippen LogP contribution in [0.25, 0.3) is 21.5 Å². The van der Waals surface area contributed by atoms with Crippen LogP contribution in [0.1, 0.15) is 5.56 Å². The molecule has 3 nitrogen and oxygen atoms in total. The molecule has 5 rings (SSSR count). The summed E-state index contributed by atoms with van der Waals surface area (Å²) in [6, 6.07) is 32.7. The number of phenolic OH excluding ortho intramolecular Hbond substituents is 2. The molecule has 30 heavy (non-hydrogen) atoms. The summed E-state index contributed by atoms with van der Waals surface area (Å²) in [5.74, 6) is 0.231. The molecule has 0 unspecified atom stereocenters. The Morgan fingerprint density at radius 3 is 1.37 bits per heavy atom. The summed E-state index contributed by atoms with van der Waals surface area (Å²) in [4.78, 5) is 1.72. The van der Waals surface area contributed by atoms with Crippen molar-refractivity contribution in [2.75, 3.05) is 4.90 Å². The van der Waals surface area contributed by atoms with E-state index in [0.717, 1.165) is 27.1 Å². The molecule has 2 N–H and O–H groups in total. The van der Waals surface area contributed by atoms with Gasteiger partial charge in [0.05, 0.1) is 11.4 Å². The van der Waals surface area contributed by atoms with E-state index >= 15 is 0 Å². The molecule has 0 heterocycles. The van der Waals surface area contributed by atoms with E-state index in [4.69, 9.17) is 0 Å². The maximum Gasteiger partial charge on any atom is 0.139 e. The lowest BCUT2D eigenvalue weighted by Crippen LogP contribution is -2.14. The predicted molar refractivity (Wildman–Crippen MR) is 122 cm³/mol. The summed E-state index contributed by atoms with van der Waals surface area (Å²) in [6.07, 6.45) is 0. The molecule has 3 heteroatoms. The van der Waals surface area contributed by atoms with Gasteiger partial charge in [0.1, 0.15) is 18.0 Å². The van der Waals surface area contributed by atoms with Crippen molar-refractivity contribution < 1.29 is 10.2 Å². The second-order valence-corrected chi connectivity index (χ2v) is 7.19. The molecule has 0 aromatic heterocycles. The number of hydrogen-bond donors (Lipinski definition) is 2. The number of hydrogen-bond acceptors (Lipinski definition) is 3. The normalized spacial score (nSPS) is 11.1. The second kappa shape index (κ2) is 7.45. The Balaban J connectivity index is 1.72. The van der Waals surface area contributed by atoms with Crippen molar-refractivity contribution in [2.45, 2.75) is 0 Å². The van der Waals surface area contributed by atoms with Crippen LogP contribution in [0.5, 0.6) is 11.5 Å². The van der Waals surface area contributed by atoms with Crippen molar-refractivity contribution in [1.82, 2.24) is 0 Å². The molecule has 0 atom stereocenters. The van der Waals surface area contributed by atoms with Gasteiger partial charge in [-0.2, -0.15) is 0 Å². The molecule has 2 radical (unpaired) electrons. The number of anilines is 2. The average Bonchev–Trinajstić information content (AvgIpc) is 2.77. The fourth-order valence-corrected chi connectivity index (χ4v) is 3.68. The van der Waals surface area contributed by atoms with E-state index in [1.54, 1.807) is 17.0 Å². The van der Waals surface area contributed by atoms with Crippen molar-refractivity contribution in [1.29, 1.82) is 0 Å². The highest BCUT2D eigenvalue weighted by Gasteiger charge is 2.20. The Morgan fingerprint density at radius 1 is 0.500 bits per heavy atom.